The van der Waals surface area contributed by atoms with Gasteiger partial charge in [0.05, 0.1) is 28.0 Å². The molecule has 10 heteroatoms. The molecule has 1 fully saturated rings. The first-order valence-corrected chi connectivity index (χ1v) is 6.07. The summed E-state index contributed by atoms with van der Waals surface area (Å²) in [6.45, 7) is 1.58. The van der Waals surface area contributed by atoms with Gasteiger partial charge in [0.1, 0.15) is 0 Å². The van der Waals surface area contributed by atoms with Crippen LogP contribution < -0.4 is 0 Å². The fourth-order valence-corrected chi connectivity index (χ4v) is 2.17. The average molecular weight is 309 g/mol. The minimum atomic E-state index is -1.36. The van der Waals surface area contributed by atoms with E-state index in [9.17, 15) is 29.8 Å². The van der Waals surface area contributed by atoms with Crippen molar-refractivity contribution in [1.29, 1.82) is 0 Å². The van der Waals surface area contributed by atoms with Crippen LogP contribution in [0.15, 0.2) is 18.2 Å². The molecule has 2 rings (SSSR count). The summed E-state index contributed by atoms with van der Waals surface area (Å²) in [7, 11) is 1.52. The fourth-order valence-electron chi connectivity index (χ4n) is 2.17. The van der Waals surface area contributed by atoms with Crippen LogP contribution >= 0.6 is 0 Å². The first-order chi connectivity index (χ1) is 10.1. The van der Waals surface area contributed by atoms with Crippen LogP contribution in [0.2, 0.25) is 0 Å². The van der Waals surface area contributed by atoms with Crippen LogP contribution in [-0.2, 0) is 9.53 Å². The number of rotatable bonds is 4. The monoisotopic (exact) mass is 309 g/mol. The standard InChI is InChI=1S/C12H11N3O7/c1-12(6-13(2)11(12)17)22-10(16)7-3-8(14(18)19)5-9(4-7)15(20)21/h3-5H,6H2,1-2H3. The first-order valence-electron chi connectivity index (χ1n) is 6.07. The molecule has 116 valence electrons. The molecule has 0 N–H and O–H groups in total. The lowest BCUT2D eigenvalue weighted by molar-refractivity contribution is -0.394. The quantitative estimate of drug-likeness (QED) is 0.349. The molecule has 1 aliphatic heterocycles. The lowest BCUT2D eigenvalue weighted by Crippen LogP contribution is -2.65. The fraction of sp³-hybridized carbons (Fsp3) is 0.333. The molecule has 1 atom stereocenters. The minimum Gasteiger partial charge on any atom is -0.444 e. The Labute approximate surface area is 123 Å². The Bertz CT molecular complexity index is 670. The van der Waals surface area contributed by atoms with Gasteiger partial charge in [0.15, 0.2) is 0 Å². The topological polar surface area (TPSA) is 133 Å². The molecule has 1 heterocycles. The number of carbonyl (C=O) groups is 2. The predicted molar refractivity (Wildman–Crippen MR) is 71.2 cm³/mol. The van der Waals surface area contributed by atoms with Crippen molar-refractivity contribution >= 4 is 23.3 Å². The number of ether oxygens (including phenoxy) is 1. The molecule has 1 saturated heterocycles. The van der Waals surface area contributed by atoms with Crippen molar-refractivity contribution in [2.75, 3.05) is 13.6 Å². The number of β-lactam (4-membered cyclic amide) rings is 1. The number of esters is 1. The predicted octanol–water partition coefficient (Wildman–Crippen LogP) is 0.890. The van der Waals surface area contributed by atoms with E-state index < -0.39 is 38.7 Å². The number of carbonyl (C=O) groups excluding carboxylic acids is 2. The second kappa shape index (κ2) is 5.06. The van der Waals surface area contributed by atoms with E-state index in [2.05, 4.69) is 0 Å². The van der Waals surface area contributed by atoms with Crippen LogP contribution in [0.1, 0.15) is 17.3 Å². The smallest absolute Gasteiger partial charge is 0.339 e. The van der Waals surface area contributed by atoms with Gasteiger partial charge < -0.3 is 9.64 Å². The first kappa shape index (κ1) is 15.4. The average Bonchev–Trinajstić information content (AvgIpc) is 2.46. The van der Waals surface area contributed by atoms with Gasteiger partial charge in [-0.2, -0.15) is 0 Å². The van der Waals surface area contributed by atoms with E-state index in [0.29, 0.717) is 0 Å². The molecule has 1 aliphatic rings. The van der Waals surface area contributed by atoms with Crippen molar-refractivity contribution in [2.45, 2.75) is 12.5 Å². The summed E-state index contributed by atoms with van der Waals surface area (Å²) in [6.07, 6.45) is 0. The lowest BCUT2D eigenvalue weighted by Gasteiger charge is -2.43. The van der Waals surface area contributed by atoms with E-state index >= 15 is 0 Å². The zero-order valence-corrected chi connectivity index (χ0v) is 11.6. The highest BCUT2D eigenvalue weighted by molar-refractivity contribution is 5.97. The van der Waals surface area contributed by atoms with Crippen molar-refractivity contribution in [3.8, 4) is 0 Å². The third kappa shape index (κ3) is 2.57. The van der Waals surface area contributed by atoms with Crippen molar-refractivity contribution in [1.82, 2.24) is 4.90 Å². The maximum atomic E-state index is 12.0. The van der Waals surface area contributed by atoms with E-state index in [1.165, 1.54) is 18.9 Å². The van der Waals surface area contributed by atoms with Crippen molar-refractivity contribution < 1.29 is 24.2 Å². The number of likely N-dealkylation sites (tertiary alicyclic amines) is 1. The van der Waals surface area contributed by atoms with Crippen LogP contribution in [0.3, 0.4) is 0 Å². The Balaban J connectivity index is 2.31. The summed E-state index contributed by atoms with van der Waals surface area (Å²) >= 11 is 0. The maximum absolute atomic E-state index is 12.0. The Kier molecular flexibility index (Phi) is 3.53. The molecular formula is C12H11N3O7. The maximum Gasteiger partial charge on any atom is 0.339 e. The molecule has 0 radical (unpaired) electrons. The van der Waals surface area contributed by atoms with Crippen molar-refractivity contribution in [2.24, 2.45) is 0 Å². The van der Waals surface area contributed by atoms with Crippen LogP contribution in [0.25, 0.3) is 0 Å². The van der Waals surface area contributed by atoms with Gasteiger partial charge in [0, 0.05) is 19.2 Å². The molecule has 1 amide bonds. The molecule has 0 aromatic heterocycles. The number of benzene rings is 1. The van der Waals surface area contributed by atoms with Gasteiger partial charge >= 0.3 is 5.97 Å². The van der Waals surface area contributed by atoms with Crippen molar-refractivity contribution in [3.63, 3.8) is 0 Å². The van der Waals surface area contributed by atoms with Crippen LogP contribution in [0.4, 0.5) is 11.4 Å². The SMILES string of the molecule is CN1CC(C)(OC(=O)c2cc([N+](=O)[O-])cc([N+](=O)[O-])c2)C1=O. The third-order valence-corrected chi connectivity index (χ3v) is 3.22. The van der Waals surface area contributed by atoms with E-state index in [0.717, 1.165) is 18.2 Å². The highest BCUT2D eigenvalue weighted by Crippen LogP contribution is 2.28. The van der Waals surface area contributed by atoms with E-state index in [1.807, 2.05) is 0 Å². The third-order valence-electron chi connectivity index (χ3n) is 3.22. The van der Waals surface area contributed by atoms with Gasteiger partial charge in [0.2, 0.25) is 5.60 Å². The second-order valence-electron chi connectivity index (χ2n) is 5.03. The lowest BCUT2D eigenvalue weighted by atomic mass is 9.96. The zero-order valence-electron chi connectivity index (χ0n) is 11.6. The number of nitrogens with zero attached hydrogens (tertiary/aromatic N) is 3. The summed E-state index contributed by atoms with van der Waals surface area (Å²) in [5, 5.41) is 21.5. The van der Waals surface area contributed by atoms with Crippen molar-refractivity contribution in [3.05, 3.63) is 44.0 Å². The molecule has 1 aromatic rings. The summed E-state index contributed by atoms with van der Waals surface area (Å²) < 4.78 is 5.04. The largest absolute Gasteiger partial charge is 0.444 e. The van der Waals surface area contributed by atoms with E-state index in [1.54, 1.807) is 0 Å². The Morgan fingerprint density at radius 1 is 1.23 bits per heavy atom. The Morgan fingerprint density at radius 2 is 1.73 bits per heavy atom. The number of amides is 1. The number of nitro groups is 2. The Hall–Kier alpha value is -3.04. The van der Waals surface area contributed by atoms with Gasteiger partial charge in [-0.15, -0.1) is 0 Å². The van der Waals surface area contributed by atoms with Crippen LogP contribution in [0.5, 0.6) is 0 Å². The summed E-state index contributed by atoms with van der Waals surface area (Å²) in [5.41, 5.74) is -2.93. The summed E-state index contributed by atoms with van der Waals surface area (Å²) in [4.78, 5) is 44.8. The van der Waals surface area contributed by atoms with Crippen LogP contribution in [0, 0.1) is 20.2 Å². The highest BCUT2D eigenvalue weighted by Gasteiger charge is 2.50. The molecule has 10 nitrogen and oxygen atoms in total. The molecule has 1 aromatic carbocycles. The molecule has 0 spiro atoms. The molecule has 0 aliphatic carbocycles. The summed E-state index contributed by atoms with van der Waals surface area (Å²) in [5.74, 6) is -1.45. The normalized spacial score (nSPS) is 20.3. The number of hydrogen-bond acceptors (Lipinski definition) is 7. The Morgan fingerprint density at radius 3 is 2.09 bits per heavy atom. The van der Waals surface area contributed by atoms with Crippen LogP contribution in [-0.4, -0.2) is 45.8 Å². The minimum absolute atomic E-state index is 0.175. The number of nitro benzene ring substituents is 2. The van der Waals surface area contributed by atoms with Gasteiger partial charge in [-0.05, 0) is 6.92 Å². The van der Waals surface area contributed by atoms with Gasteiger partial charge in [-0.25, -0.2) is 4.79 Å². The molecule has 1 unspecified atom stereocenters. The van der Waals surface area contributed by atoms with Gasteiger partial charge in [-0.3, -0.25) is 25.0 Å². The van der Waals surface area contributed by atoms with Gasteiger partial charge in [-0.1, -0.05) is 0 Å². The highest BCUT2D eigenvalue weighted by atomic mass is 16.6. The summed E-state index contributed by atoms with van der Waals surface area (Å²) in [6, 6.07) is 2.47. The zero-order chi connectivity index (χ0) is 16.7. The van der Waals surface area contributed by atoms with Gasteiger partial charge in [0.25, 0.3) is 17.3 Å². The molecular weight excluding hydrogens is 298 g/mol. The molecule has 22 heavy (non-hydrogen) atoms. The number of hydrogen-bond donors (Lipinski definition) is 0. The number of likely N-dealkylation sites (N-methyl/N-ethyl adjacent to an activating group) is 1. The molecule has 0 bridgehead atoms. The molecule has 0 saturated carbocycles. The van der Waals surface area contributed by atoms with E-state index in [4.69, 9.17) is 4.74 Å². The van der Waals surface area contributed by atoms with E-state index in [-0.39, 0.29) is 12.1 Å². The second-order valence-corrected chi connectivity index (χ2v) is 5.03. The number of non-ortho nitro benzene ring substituents is 2.